The molecule has 0 bridgehead atoms. The van der Waals surface area contributed by atoms with Crippen molar-refractivity contribution in [2.75, 3.05) is 11.4 Å². The second kappa shape index (κ2) is 6.56. The van der Waals surface area contributed by atoms with Gasteiger partial charge < -0.3 is 19.9 Å². The number of halogens is 3. The number of carbonyl (C=O) groups is 1. The Bertz CT molecular complexity index is 701. The molecule has 1 aromatic heterocycles. The summed E-state index contributed by atoms with van der Waals surface area (Å²) in [5.41, 5.74) is 1.43. The van der Waals surface area contributed by atoms with E-state index in [-0.39, 0.29) is 17.7 Å². The predicted molar refractivity (Wildman–Crippen MR) is 81.5 cm³/mol. The smallest absolute Gasteiger partial charge is 0.406 e. The maximum absolute atomic E-state index is 12.5. The van der Waals surface area contributed by atoms with Gasteiger partial charge in [-0.05, 0) is 30.2 Å². The third-order valence-corrected chi connectivity index (χ3v) is 3.78. The van der Waals surface area contributed by atoms with Gasteiger partial charge in [0, 0.05) is 37.2 Å². The molecule has 5 nitrogen and oxygen atoms in total. The fourth-order valence-electron chi connectivity index (χ4n) is 2.68. The van der Waals surface area contributed by atoms with Crippen LogP contribution in [-0.2, 0) is 11.3 Å². The Balaban J connectivity index is 1.65. The molecule has 1 aliphatic heterocycles. The highest BCUT2D eigenvalue weighted by atomic mass is 19.4. The number of aromatic amines is 1. The van der Waals surface area contributed by atoms with Crippen molar-refractivity contribution in [3.8, 4) is 5.75 Å². The number of H-pyrrole nitrogens is 1. The first-order valence-corrected chi connectivity index (χ1v) is 7.44. The van der Waals surface area contributed by atoms with Gasteiger partial charge in [0.2, 0.25) is 5.91 Å². The van der Waals surface area contributed by atoms with Crippen LogP contribution in [0.5, 0.6) is 5.75 Å². The van der Waals surface area contributed by atoms with Gasteiger partial charge in [-0.1, -0.05) is 6.07 Å². The number of nitrogens with one attached hydrogen (secondary N) is 2. The summed E-state index contributed by atoms with van der Waals surface area (Å²) in [5, 5.41) is 3.16. The molecule has 8 heteroatoms. The molecule has 0 saturated carbocycles. The summed E-state index contributed by atoms with van der Waals surface area (Å²) in [6.45, 7) is 0.990. The van der Waals surface area contributed by atoms with Crippen molar-refractivity contribution in [2.24, 2.45) is 0 Å². The molecule has 0 radical (unpaired) electrons. The highest BCUT2D eigenvalue weighted by Gasteiger charge is 2.34. The Kier molecular flexibility index (Phi) is 4.48. The van der Waals surface area contributed by atoms with Gasteiger partial charge in [0.1, 0.15) is 5.75 Å². The van der Waals surface area contributed by atoms with Crippen LogP contribution in [-0.4, -0.2) is 29.8 Å². The van der Waals surface area contributed by atoms with Crippen molar-refractivity contribution in [1.82, 2.24) is 10.3 Å². The van der Waals surface area contributed by atoms with Crippen LogP contribution in [0.2, 0.25) is 0 Å². The van der Waals surface area contributed by atoms with Crippen molar-refractivity contribution in [2.45, 2.75) is 25.4 Å². The van der Waals surface area contributed by atoms with Crippen LogP contribution in [0.15, 0.2) is 42.7 Å². The highest BCUT2D eigenvalue weighted by Crippen LogP contribution is 2.29. The lowest BCUT2D eigenvalue weighted by Crippen LogP contribution is -2.37. The number of anilines is 1. The normalized spacial score (nSPS) is 18.2. The van der Waals surface area contributed by atoms with Crippen LogP contribution in [0.25, 0.3) is 0 Å². The number of hydrogen-bond acceptors (Lipinski definition) is 3. The number of rotatable bonds is 5. The average Bonchev–Trinajstić information content (AvgIpc) is 3.13. The summed E-state index contributed by atoms with van der Waals surface area (Å²) in [7, 11) is 0. The molecule has 2 heterocycles. The predicted octanol–water partition coefficient (Wildman–Crippen LogP) is 2.81. The Morgan fingerprint density at radius 1 is 1.33 bits per heavy atom. The number of benzene rings is 1. The molecule has 3 rings (SSSR count). The zero-order chi connectivity index (χ0) is 17.2. The summed E-state index contributed by atoms with van der Waals surface area (Å²) < 4.78 is 40.8. The number of nitrogens with zero attached hydrogens (tertiary/aromatic N) is 1. The van der Waals surface area contributed by atoms with E-state index in [0.29, 0.717) is 25.2 Å². The first kappa shape index (κ1) is 16.4. The van der Waals surface area contributed by atoms with E-state index in [4.69, 9.17) is 0 Å². The Labute approximate surface area is 136 Å². The van der Waals surface area contributed by atoms with E-state index >= 15 is 0 Å². The minimum Gasteiger partial charge on any atom is -0.406 e. The first-order chi connectivity index (χ1) is 11.4. The van der Waals surface area contributed by atoms with Crippen LogP contribution >= 0.6 is 0 Å². The third-order valence-electron chi connectivity index (χ3n) is 3.78. The number of amides is 1. The topological polar surface area (TPSA) is 57.4 Å². The number of carbonyl (C=O) groups excluding carboxylic acids is 1. The zero-order valence-corrected chi connectivity index (χ0v) is 12.6. The maximum atomic E-state index is 12.5. The van der Waals surface area contributed by atoms with Crippen LogP contribution < -0.4 is 15.0 Å². The summed E-state index contributed by atoms with van der Waals surface area (Å²) in [4.78, 5) is 16.9. The molecule has 128 valence electrons. The minimum absolute atomic E-state index is 0.158. The second-order valence-corrected chi connectivity index (χ2v) is 5.48. The summed E-state index contributed by atoms with van der Waals surface area (Å²) in [5.74, 6) is -0.494. The minimum atomic E-state index is -4.76. The van der Waals surface area contributed by atoms with Crippen LogP contribution in [0.4, 0.5) is 18.9 Å². The molecule has 0 unspecified atom stereocenters. The first-order valence-electron chi connectivity index (χ1n) is 7.44. The SMILES string of the molecule is O=C1[C@H](NCc2cc[nH]c2)CCN1c1cccc(OC(F)(F)F)c1. The fourth-order valence-corrected chi connectivity index (χ4v) is 2.68. The van der Waals surface area contributed by atoms with Crippen molar-refractivity contribution < 1.29 is 22.7 Å². The van der Waals surface area contributed by atoms with Crippen molar-refractivity contribution >= 4 is 11.6 Å². The largest absolute Gasteiger partial charge is 0.573 e. The summed E-state index contributed by atoms with van der Waals surface area (Å²) >= 11 is 0. The molecule has 1 aromatic carbocycles. The van der Waals surface area contributed by atoms with Gasteiger partial charge in [0.25, 0.3) is 0 Å². The monoisotopic (exact) mass is 339 g/mol. The quantitative estimate of drug-likeness (QED) is 0.881. The Hall–Kier alpha value is -2.48. The molecule has 2 aromatic rings. The standard InChI is InChI=1S/C16H16F3N3O2/c17-16(18,19)24-13-3-1-2-12(8-13)22-7-5-14(15(22)23)21-10-11-4-6-20-9-11/h1-4,6,8-9,14,20-21H,5,7,10H2/t14-/m1/s1. The van der Waals surface area contributed by atoms with Gasteiger partial charge in [-0.25, -0.2) is 0 Å². The molecular formula is C16H16F3N3O2. The van der Waals surface area contributed by atoms with Gasteiger partial charge >= 0.3 is 6.36 Å². The maximum Gasteiger partial charge on any atom is 0.573 e. The van der Waals surface area contributed by atoms with E-state index in [9.17, 15) is 18.0 Å². The number of aromatic nitrogens is 1. The molecule has 2 N–H and O–H groups in total. The number of hydrogen-bond donors (Lipinski definition) is 2. The summed E-state index contributed by atoms with van der Waals surface area (Å²) in [6.07, 6.45) is -0.532. The lowest BCUT2D eigenvalue weighted by Gasteiger charge is -2.18. The Morgan fingerprint density at radius 3 is 2.88 bits per heavy atom. The fraction of sp³-hybridized carbons (Fsp3) is 0.312. The molecule has 1 amide bonds. The molecule has 1 fully saturated rings. The molecule has 1 saturated heterocycles. The highest BCUT2D eigenvalue weighted by molar-refractivity contribution is 5.99. The van der Waals surface area contributed by atoms with E-state index in [0.717, 1.165) is 5.56 Å². The van der Waals surface area contributed by atoms with Crippen LogP contribution in [0.3, 0.4) is 0 Å². The van der Waals surface area contributed by atoms with E-state index in [1.807, 2.05) is 12.3 Å². The van der Waals surface area contributed by atoms with Gasteiger partial charge in [-0.15, -0.1) is 13.2 Å². The molecule has 0 spiro atoms. The molecule has 1 atom stereocenters. The second-order valence-electron chi connectivity index (χ2n) is 5.48. The van der Waals surface area contributed by atoms with Crippen LogP contribution in [0.1, 0.15) is 12.0 Å². The van der Waals surface area contributed by atoms with Crippen LogP contribution in [0, 0.1) is 0 Å². The third kappa shape index (κ3) is 3.88. The molecule has 1 aliphatic rings. The average molecular weight is 339 g/mol. The van der Waals surface area contributed by atoms with E-state index in [2.05, 4.69) is 15.0 Å². The zero-order valence-electron chi connectivity index (χ0n) is 12.6. The van der Waals surface area contributed by atoms with Gasteiger partial charge in [0.15, 0.2) is 0 Å². The van der Waals surface area contributed by atoms with E-state index in [1.165, 1.54) is 23.1 Å². The number of ether oxygens (including phenoxy) is 1. The van der Waals surface area contributed by atoms with E-state index < -0.39 is 6.36 Å². The van der Waals surface area contributed by atoms with E-state index in [1.54, 1.807) is 12.3 Å². The van der Waals surface area contributed by atoms with Gasteiger partial charge in [-0.3, -0.25) is 4.79 Å². The lowest BCUT2D eigenvalue weighted by atomic mass is 10.2. The molecular weight excluding hydrogens is 323 g/mol. The van der Waals surface area contributed by atoms with Gasteiger partial charge in [-0.2, -0.15) is 0 Å². The summed E-state index contributed by atoms with van der Waals surface area (Å²) in [6, 6.07) is 7.01. The lowest BCUT2D eigenvalue weighted by molar-refractivity contribution is -0.274. The van der Waals surface area contributed by atoms with Gasteiger partial charge in [0.05, 0.1) is 6.04 Å². The van der Waals surface area contributed by atoms with Crippen molar-refractivity contribution in [3.63, 3.8) is 0 Å². The number of alkyl halides is 3. The van der Waals surface area contributed by atoms with Crippen molar-refractivity contribution in [3.05, 3.63) is 48.3 Å². The Morgan fingerprint density at radius 2 is 2.17 bits per heavy atom. The molecule has 0 aliphatic carbocycles. The van der Waals surface area contributed by atoms with Crippen molar-refractivity contribution in [1.29, 1.82) is 0 Å². The molecule has 24 heavy (non-hydrogen) atoms.